The van der Waals surface area contributed by atoms with Crippen LogP contribution in [0, 0.1) is 0 Å². The number of tetrazole rings is 2. The molecule has 2 heterocycles. The third-order valence-corrected chi connectivity index (χ3v) is 0.885. The Morgan fingerprint density at radius 1 is 0.840 bits per heavy atom. The third-order valence-electron chi connectivity index (χ3n) is 0.885. The van der Waals surface area contributed by atoms with Gasteiger partial charge in [0.2, 0.25) is 0 Å². The van der Waals surface area contributed by atoms with Crippen molar-refractivity contribution in [3.8, 4) is 0 Å². The SMILES string of the molecule is NC(N)=[NH2+].NC(N)=[NH2+].O.[N-]=[N+]=Nc1nnn[n-]1.[N-]=[N+]=Nc1nnn[n-]1. The van der Waals surface area contributed by atoms with Crippen molar-refractivity contribution in [1.82, 2.24) is 41.2 Å². The van der Waals surface area contributed by atoms with E-state index in [-0.39, 0.29) is 29.3 Å². The number of nitrogens with zero attached hydrogens (tertiary/aromatic N) is 14. The van der Waals surface area contributed by atoms with Gasteiger partial charge in [-0.15, -0.1) is 10.4 Å². The van der Waals surface area contributed by atoms with Crippen LogP contribution in [0.25, 0.3) is 20.9 Å². The first kappa shape index (κ1) is 25.2. The van der Waals surface area contributed by atoms with Crippen LogP contribution in [-0.2, 0) is 0 Å². The lowest BCUT2D eigenvalue weighted by molar-refractivity contribution is -0.117. The zero-order valence-electron chi connectivity index (χ0n) is 12.2. The highest BCUT2D eigenvalue weighted by molar-refractivity contribution is 5.68. The second kappa shape index (κ2) is 17.3. The lowest BCUT2D eigenvalue weighted by atomic mass is 11.1. The second-order valence-corrected chi connectivity index (χ2v) is 2.74. The van der Waals surface area contributed by atoms with Gasteiger partial charge in [-0.05, 0) is 0 Å². The topological polar surface area (TPSA) is 390 Å². The maximum absolute atomic E-state index is 7.76. The summed E-state index contributed by atoms with van der Waals surface area (Å²) in [7, 11) is 0. The van der Waals surface area contributed by atoms with Crippen LogP contribution in [0.4, 0.5) is 11.9 Å². The Labute approximate surface area is 136 Å². The number of aromatic nitrogens is 8. The van der Waals surface area contributed by atoms with Gasteiger partial charge in [-0.1, -0.05) is 0 Å². The van der Waals surface area contributed by atoms with E-state index in [1.807, 2.05) is 0 Å². The lowest BCUT2D eigenvalue weighted by Gasteiger charge is -1.68. The summed E-state index contributed by atoms with van der Waals surface area (Å²) in [4.78, 5) is 4.80. The van der Waals surface area contributed by atoms with E-state index < -0.39 is 0 Å². The molecular weight excluding hydrogens is 344 g/mol. The molecule has 0 aliphatic rings. The second-order valence-electron chi connectivity index (χ2n) is 2.74. The highest BCUT2D eigenvalue weighted by Crippen LogP contribution is 1.93. The summed E-state index contributed by atoms with van der Waals surface area (Å²) >= 11 is 0. The Balaban J connectivity index is -0.000000270. The number of hydrogen-bond acceptors (Lipinski definition) is 8. The molecule has 25 heavy (non-hydrogen) atoms. The van der Waals surface area contributed by atoms with Gasteiger partial charge in [-0.2, -0.15) is 10.4 Å². The molecule has 2 rings (SSSR count). The van der Waals surface area contributed by atoms with Crippen molar-refractivity contribution in [1.29, 1.82) is 0 Å². The molecule has 0 aliphatic carbocycles. The normalized spacial score (nSPS) is 7.04. The van der Waals surface area contributed by atoms with Crippen LogP contribution < -0.4 is 44.0 Å². The van der Waals surface area contributed by atoms with Crippen molar-refractivity contribution in [3.05, 3.63) is 20.9 Å². The zero-order chi connectivity index (χ0) is 18.8. The average Bonchev–Trinajstić information content (AvgIpc) is 3.12. The predicted molar refractivity (Wildman–Crippen MR) is 78.1 cm³/mol. The first-order valence-electron chi connectivity index (χ1n) is 5.07. The summed E-state index contributed by atoms with van der Waals surface area (Å²) in [6, 6.07) is 0. The van der Waals surface area contributed by atoms with E-state index in [1.165, 1.54) is 0 Å². The van der Waals surface area contributed by atoms with Gasteiger partial charge in [0.15, 0.2) is 11.9 Å². The maximum atomic E-state index is 7.76. The Bertz CT molecular complexity index is 586. The molecule has 0 aliphatic heterocycles. The Morgan fingerprint density at radius 2 is 1.12 bits per heavy atom. The van der Waals surface area contributed by atoms with Crippen molar-refractivity contribution in [2.75, 3.05) is 0 Å². The number of azide groups is 2. The van der Waals surface area contributed by atoms with Gasteiger partial charge in [0, 0.05) is 11.1 Å². The molecule has 136 valence electrons. The highest BCUT2D eigenvalue weighted by atomic mass is 16.0. The molecule has 0 aromatic carbocycles. The van der Waals surface area contributed by atoms with Crippen LogP contribution in [0.5, 0.6) is 0 Å². The summed E-state index contributed by atoms with van der Waals surface area (Å²) in [6.07, 6.45) is 0. The average molecular weight is 358 g/mol. The minimum absolute atomic E-state index is 0. The Morgan fingerprint density at radius 3 is 1.28 bits per heavy atom. The largest absolute Gasteiger partial charge is 0.412 e. The predicted octanol–water partition coefficient (Wildman–Crippen LogP) is -7.25. The van der Waals surface area contributed by atoms with E-state index in [1.54, 1.807) is 0 Å². The summed E-state index contributed by atoms with van der Waals surface area (Å²) in [5.74, 6) is -0.264. The summed E-state index contributed by atoms with van der Waals surface area (Å²) < 4.78 is 0. The van der Waals surface area contributed by atoms with Crippen LogP contribution in [-0.4, -0.2) is 48.4 Å². The van der Waals surface area contributed by atoms with Crippen molar-refractivity contribution < 1.29 is 16.3 Å². The van der Waals surface area contributed by atoms with Gasteiger partial charge < -0.3 is 5.48 Å². The minimum atomic E-state index is -0.0833. The number of nitrogens with two attached hydrogens (primary N) is 6. The van der Waals surface area contributed by atoms with Crippen LogP contribution in [0.3, 0.4) is 0 Å². The molecular formula is C4H14N20O. The zero-order valence-corrected chi connectivity index (χ0v) is 12.2. The van der Waals surface area contributed by atoms with E-state index in [4.69, 9.17) is 11.1 Å². The summed E-state index contributed by atoms with van der Waals surface area (Å²) in [5, 5.41) is 40.3. The van der Waals surface area contributed by atoms with Crippen molar-refractivity contribution in [2.24, 2.45) is 33.2 Å². The lowest BCUT2D eigenvalue weighted by Crippen LogP contribution is -2.51. The summed E-state index contributed by atoms with van der Waals surface area (Å²) in [5.41, 5.74) is 33.9. The van der Waals surface area contributed by atoms with Gasteiger partial charge in [0.05, 0.1) is 20.1 Å². The summed E-state index contributed by atoms with van der Waals surface area (Å²) in [6.45, 7) is 0. The van der Waals surface area contributed by atoms with Crippen LogP contribution in [0.2, 0.25) is 0 Å². The van der Waals surface area contributed by atoms with E-state index >= 15 is 0 Å². The molecule has 21 heteroatoms. The van der Waals surface area contributed by atoms with Crippen LogP contribution in [0.1, 0.15) is 0 Å². The molecule has 2 aromatic rings. The van der Waals surface area contributed by atoms with Gasteiger partial charge >= 0.3 is 11.9 Å². The van der Waals surface area contributed by atoms with E-state index in [2.05, 4.69) is 95.1 Å². The first-order chi connectivity index (χ1) is 11.3. The molecule has 2 aromatic heterocycles. The van der Waals surface area contributed by atoms with E-state index in [0.29, 0.717) is 0 Å². The fourth-order valence-corrected chi connectivity index (χ4v) is 0.440. The highest BCUT2D eigenvalue weighted by Gasteiger charge is 1.82. The quantitative estimate of drug-likeness (QED) is 0.0957. The minimum Gasteiger partial charge on any atom is -0.412 e. The van der Waals surface area contributed by atoms with Crippen molar-refractivity contribution >= 4 is 23.8 Å². The number of rotatable bonds is 2. The number of hydrogen-bond donors (Lipinski definition) is 6. The third kappa shape index (κ3) is 24.6. The molecule has 0 radical (unpaired) electrons. The van der Waals surface area contributed by atoms with E-state index in [0.717, 1.165) is 0 Å². The monoisotopic (exact) mass is 358 g/mol. The molecule has 0 unspecified atom stereocenters. The van der Waals surface area contributed by atoms with Crippen LogP contribution in [0.15, 0.2) is 10.2 Å². The smallest absolute Gasteiger partial charge is 0.336 e. The molecule has 21 nitrogen and oxygen atoms in total. The molecule has 0 fully saturated rings. The first-order valence-corrected chi connectivity index (χ1v) is 5.07. The molecule has 0 saturated heterocycles. The fourth-order valence-electron chi connectivity index (χ4n) is 0.440. The molecule has 0 bridgehead atoms. The molecule has 0 amide bonds. The number of guanidine groups is 2. The standard InChI is InChI=1S/2CN7.2CH5N3.H2O/c2*2-6-3-1-4-7-8-5-1;2*2-1(3)4;/h;;2*(H5,2,3,4);1H2/q2*-1;;;/p+2. The van der Waals surface area contributed by atoms with Gasteiger partial charge in [0.1, 0.15) is 0 Å². The molecule has 0 saturated carbocycles. The Kier molecular flexibility index (Phi) is 17.5. The van der Waals surface area contributed by atoms with E-state index in [9.17, 15) is 0 Å². The van der Waals surface area contributed by atoms with Crippen molar-refractivity contribution in [2.45, 2.75) is 0 Å². The van der Waals surface area contributed by atoms with Crippen molar-refractivity contribution in [3.63, 3.8) is 0 Å². The van der Waals surface area contributed by atoms with Crippen LogP contribution >= 0.6 is 0 Å². The Hall–Kier alpha value is -4.74. The molecule has 0 spiro atoms. The maximum Gasteiger partial charge on any atom is 0.336 e. The van der Waals surface area contributed by atoms with Gasteiger partial charge in [-0.25, -0.2) is 10.2 Å². The molecule has 14 N–H and O–H groups in total. The van der Waals surface area contributed by atoms with Gasteiger partial charge in [-0.3, -0.25) is 44.0 Å². The fraction of sp³-hybridized carbons (Fsp3) is 0. The molecule has 0 atom stereocenters. The van der Waals surface area contributed by atoms with Gasteiger partial charge in [0.25, 0.3) is 0 Å².